The highest BCUT2D eigenvalue weighted by molar-refractivity contribution is 6.21. The van der Waals surface area contributed by atoms with Crippen molar-refractivity contribution in [1.29, 1.82) is 0 Å². The van der Waals surface area contributed by atoms with E-state index in [1.807, 2.05) is 20.8 Å². The van der Waals surface area contributed by atoms with Gasteiger partial charge < -0.3 is 0 Å². The van der Waals surface area contributed by atoms with Gasteiger partial charge in [-0.05, 0) is 32.9 Å². The van der Waals surface area contributed by atoms with Crippen LogP contribution >= 0.6 is 0 Å². The third kappa shape index (κ3) is 2.11. The minimum Gasteiger partial charge on any atom is -0.269 e. The Hall–Kier alpha value is -2.56. The van der Waals surface area contributed by atoms with Crippen molar-refractivity contribution in [3.8, 4) is 0 Å². The van der Waals surface area contributed by atoms with Gasteiger partial charge in [-0.1, -0.05) is 12.1 Å². The summed E-state index contributed by atoms with van der Waals surface area (Å²) in [5.74, 6) is -0.537. The molecule has 0 saturated heterocycles. The third-order valence-corrected chi connectivity index (χ3v) is 3.77. The molecule has 5 nitrogen and oxygen atoms in total. The number of carbonyl (C=O) groups excluding carboxylic acids is 2. The van der Waals surface area contributed by atoms with E-state index in [0.29, 0.717) is 16.8 Å². The number of imide groups is 1. The number of carbonyl (C=O) groups is 2. The maximum absolute atomic E-state index is 12.3. The normalized spacial score (nSPS) is 13.8. The van der Waals surface area contributed by atoms with Crippen LogP contribution in [0.15, 0.2) is 24.3 Å². The molecule has 1 aromatic heterocycles. The molecular weight excluding hydrogens is 266 g/mol. The van der Waals surface area contributed by atoms with Gasteiger partial charge in [0.05, 0.1) is 40.4 Å². The van der Waals surface area contributed by atoms with Crippen LogP contribution in [0.2, 0.25) is 0 Å². The Morgan fingerprint density at radius 3 is 1.95 bits per heavy atom. The fourth-order valence-corrected chi connectivity index (χ4v) is 2.44. The lowest BCUT2D eigenvalue weighted by Gasteiger charge is -2.15. The number of aromatic nitrogens is 2. The second-order valence-corrected chi connectivity index (χ2v) is 5.17. The second-order valence-electron chi connectivity index (χ2n) is 5.17. The van der Waals surface area contributed by atoms with Crippen molar-refractivity contribution in [2.45, 2.75) is 27.3 Å². The van der Waals surface area contributed by atoms with E-state index in [0.717, 1.165) is 17.1 Å². The molecule has 0 fully saturated rings. The topological polar surface area (TPSA) is 63.2 Å². The van der Waals surface area contributed by atoms with Gasteiger partial charge >= 0.3 is 0 Å². The van der Waals surface area contributed by atoms with E-state index < -0.39 is 0 Å². The Balaban J connectivity index is 1.96. The van der Waals surface area contributed by atoms with Crippen LogP contribution in [0.3, 0.4) is 0 Å². The van der Waals surface area contributed by atoms with E-state index in [1.165, 1.54) is 4.90 Å². The molecule has 1 aromatic carbocycles. The number of hydrogen-bond donors (Lipinski definition) is 0. The lowest BCUT2D eigenvalue weighted by Crippen LogP contribution is -2.30. The number of amides is 2. The van der Waals surface area contributed by atoms with E-state index in [1.54, 1.807) is 24.3 Å². The van der Waals surface area contributed by atoms with Gasteiger partial charge in [-0.25, -0.2) is 0 Å². The maximum atomic E-state index is 12.3. The predicted molar refractivity (Wildman–Crippen MR) is 76.9 cm³/mol. The third-order valence-electron chi connectivity index (χ3n) is 3.77. The number of hydrogen-bond acceptors (Lipinski definition) is 4. The van der Waals surface area contributed by atoms with Gasteiger partial charge in [0.2, 0.25) is 0 Å². The molecule has 21 heavy (non-hydrogen) atoms. The summed E-state index contributed by atoms with van der Waals surface area (Å²) in [4.78, 5) is 34.8. The molecule has 1 aliphatic heterocycles. The smallest absolute Gasteiger partial charge is 0.261 e. The van der Waals surface area contributed by atoms with E-state index in [-0.39, 0.29) is 18.4 Å². The molecule has 5 heteroatoms. The lowest BCUT2D eigenvalue weighted by atomic mass is 10.1. The van der Waals surface area contributed by atoms with Crippen LogP contribution in [0, 0.1) is 20.8 Å². The summed E-state index contributed by atoms with van der Waals surface area (Å²) in [7, 11) is 0. The molecule has 0 radical (unpaired) electrons. The van der Waals surface area contributed by atoms with Crippen LogP contribution in [-0.4, -0.2) is 26.7 Å². The summed E-state index contributed by atoms with van der Waals surface area (Å²) < 4.78 is 0. The molecular formula is C16H15N3O2. The monoisotopic (exact) mass is 281 g/mol. The molecule has 0 aliphatic carbocycles. The lowest BCUT2D eigenvalue weighted by molar-refractivity contribution is 0.0640. The average molecular weight is 281 g/mol. The highest BCUT2D eigenvalue weighted by atomic mass is 16.2. The molecule has 106 valence electrons. The van der Waals surface area contributed by atoms with Gasteiger partial charge in [0, 0.05) is 0 Å². The quantitative estimate of drug-likeness (QED) is 0.792. The number of benzene rings is 1. The van der Waals surface area contributed by atoms with Crippen molar-refractivity contribution in [2.24, 2.45) is 0 Å². The zero-order valence-corrected chi connectivity index (χ0v) is 12.2. The Bertz CT molecular complexity index is 733. The van der Waals surface area contributed by atoms with Crippen molar-refractivity contribution in [2.75, 3.05) is 0 Å². The van der Waals surface area contributed by atoms with Crippen LogP contribution in [0.5, 0.6) is 0 Å². The van der Waals surface area contributed by atoms with Crippen molar-refractivity contribution < 1.29 is 9.59 Å². The fraction of sp³-hybridized carbons (Fsp3) is 0.250. The van der Waals surface area contributed by atoms with Crippen molar-refractivity contribution >= 4 is 11.8 Å². The molecule has 0 atom stereocenters. The van der Waals surface area contributed by atoms with Crippen molar-refractivity contribution in [3.63, 3.8) is 0 Å². The van der Waals surface area contributed by atoms with E-state index in [2.05, 4.69) is 9.97 Å². The standard InChI is InChI=1S/C16H15N3O2/c1-9-10(2)18-14(11(3)17-9)8-19-15(20)12-6-4-5-7-13(12)16(19)21/h4-7H,8H2,1-3H3. The average Bonchev–Trinajstić information content (AvgIpc) is 2.70. The molecule has 2 aromatic rings. The highest BCUT2D eigenvalue weighted by Crippen LogP contribution is 2.24. The van der Waals surface area contributed by atoms with Crippen LogP contribution in [-0.2, 0) is 6.54 Å². The van der Waals surface area contributed by atoms with Crippen LogP contribution < -0.4 is 0 Å². The van der Waals surface area contributed by atoms with Crippen molar-refractivity contribution in [3.05, 3.63) is 58.2 Å². The minimum atomic E-state index is -0.268. The van der Waals surface area contributed by atoms with Crippen molar-refractivity contribution in [1.82, 2.24) is 14.9 Å². The zero-order chi connectivity index (χ0) is 15.1. The molecule has 0 spiro atoms. The number of rotatable bonds is 2. The Morgan fingerprint density at radius 1 is 0.857 bits per heavy atom. The zero-order valence-electron chi connectivity index (χ0n) is 12.2. The molecule has 0 unspecified atom stereocenters. The van der Waals surface area contributed by atoms with Gasteiger partial charge in [0.25, 0.3) is 11.8 Å². The van der Waals surface area contributed by atoms with Crippen LogP contribution in [0.25, 0.3) is 0 Å². The highest BCUT2D eigenvalue weighted by Gasteiger charge is 2.35. The van der Waals surface area contributed by atoms with Gasteiger partial charge in [-0.3, -0.25) is 24.5 Å². The van der Waals surface area contributed by atoms with Gasteiger partial charge in [0.15, 0.2) is 0 Å². The van der Waals surface area contributed by atoms with Gasteiger partial charge in [-0.2, -0.15) is 0 Å². The number of nitrogens with zero attached hydrogens (tertiary/aromatic N) is 3. The summed E-state index contributed by atoms with van der Waals surface area (Å²) in [6, 6.07) is 6.87. The summed E-state index contributed by atoms with van der Waals surface area (Å²) in [6.07, 6.45) is 0. The molecule has 2 amide bonds. The first-order valence-electron chi connectivity index (χ1n) is 6.75. The summed E-state index contributed by atoms with van der Waals surface area (Å²) in [6.45, 7) is 5.76. The molecule has 0 saturated carbocycles. The molecule has 2 heterocycles. The van der Waals surface area contributed by atoms with E-state index in [9.17, 15) is 9.59 Å². The summed E-state index contributed by atoms with van der Waals surface area (Å²) >= 11 is 0. The molecule has 0 bridgehead atoms. The first-order valence-corrected chi connectivity index (χ1v) is 6.75. The predicted octanol–water partition coefficient (Wildman–Crippen LogP) is 2.20. The summed E-state index contributed by atoms with van der Waals surface area (Å²) in [5, 5.41) is 0. The second kappa shape index (κ2) is 4.77. The van der Waals surface area contributed by atoms with Gasteiger partial charge in [0.1, 0.15) is 0 Å². The van der Waals surface area contributed by atoms with Crippen LogP contribution in [0.4, 0.5) is 0 Å². The van der Waals surface area contributed by atoms with Crippen LogP contribution in [0.1, 0.15) is 43.5 Å². The Labute approximate surface area is 122 Å². The Morgan fingerprint density at radius 2 is 1.38 bits per heavy atom. The first kappa shape index (κ1) is 13.4. The number of fused-ring (bicyclic) bond motifs is 1. The fourth-order valence-electron chi connectivity index (χ4n) is 2.44. The van der Waals surface area contributed by atoms with E-state index >= 15 is 0 Å². The SMILES string of the molecule is Cc1nc(C)c(CN2C(=O)c3ccccc3C2=O)nc1C. The molecule has 1 aliphatic rings. The maximum Gasteiger partial charge on any atom is 0.261 e. The largest absolute Gasteiger partial charge is 0.269 e. The number of aryl methyl sites for hydroxylation is 3. The minimum absolute atomic E-state index is 0.159. The molecule has 3 rings (SSSR count). The first-order chi connectivity index (χ1) is 9.99. The molecule has 0 N–H and O–H groups in total. The Kier molecular flexibility index (Phi) is 3.05. The van der Waals surface area contributed by atoms with Gasteiger partial charge in [-0.15, -0.1) is 0 Å². The summed E-state index contributed by atoms with van der Waals surface area (Å²) in [5.41, 5.74) is 3.99. The van der Waals surface area contributed by atoms with E-state index in [4.69, 9.17) is 0 Å².